The molecule has 8 rings (SSSR count). The van der Waals surface area contributed by atoms with Gasteiger partial charge >= 0.3 is 0 Å². The van der Waals surface area contributed by atoms with Crippen LogP contribution in [0.5, 0.6) is 0 Å². The average Bonchev–Trinajstić information content (AvgIpc) is 3.41. The van der Waals surface area contributed by atoms with Gasteiger partial charge in [0.2, 0.25) is 0 Å². The minimum absolute atomic E-state index is 0.453. The zero-order valence-corrected chi connectivity index (χ0v) is 24.3. The monoisotopic (exact) mass is 561 g/mol. The Morgan fingerprint density at radius 3 is 1.48 bits per heavy atom. The van der Waals surface area contributed by atoms with Gasteiger partial charge in [-0.15, -0.1) is 0 Å². The molecule has 1 nitrogen and oxygen atoms in total. The first kappa shape index (κ1) is 26.0. The number of anilines is 3. The first-order valence-electron chi connectivity index (χ1n) is 15.2. The molecule has 44 heavy (non-hydrogen) atoms. The molecule has 1 aliphatic rings. The largest absolute Gasteiger partial charge is 0.310 e. The second kappa shape index (κ2) is 10.9. The molecule has 0 saturated carbocycles. The van der Waals surface area contributed by atoms with Crippen molar-refractivity contribution in [2.75, 3.05) is 4.90 Å². The topological polar surface area (TPSA) is 3.24 Å². The van der Waals surface area contributed by atoms with Crippen molar-refractivity contribution >= 4 is 17.1 Å². The molecule has 0 saturated heterocycles. The first-order valence-corrected chi connectivity index (χ1v) is 15.2. The van der Waals surface area contributed by atoms with E-state index in [1.165, 1.54) is 44.5 Å². The lowest BCUT2D eigenvalue weighted by Crippen LogP contribution is -2.28. The molecule has 0 unspecified atom stereocenters. The van der Waals surface area contributed by atoms with Gasteiger partial charge in [-0.1, -0.05) is 158 Å². The Labute approximate surface area is 259 Å². The predicted octanol–water partition coefficient (Wildman–Crippen LogP) is 11.2. The van der Waals surface area contributed by atoms with Crippen molar-refractivity contribution in [2.24, 2.45) is 0 Å². The Balaban J connectivity index is 1.41. The molecule has 0 amide bonds. The Kier molecular flexibility index (Phi) is 6.43. The Hall–Kier alpha value is -5.66. The van der Waals surface area contributed by atoms with Gasteiger partial charge in [-0.05, 0) is 69.3 Å². The normalized spacial score (nSPS) is 12.7. The molecule has 7 aromatic rings. The van der Waals surface area contributed by atoms with Gasteiger partial charge < -0.3 is 4.90 Å². The smallest absolute Gasteiger partial charge is 0.0714 e. The van der Waals surface area contributed by atoms with Crippen LogP contribution in [0.3, 0.4) is 0 Å². The van der Waals surface area contributed by atoms with E-state index in [0.717, 1.165) is 17.1 Å². The van der Waals surface area contributed by atoms with Gasteiger partial charge in [-0.2, -0.15) is 0 Å². The molecule has 0 radical (unpaired) electrons. The lowest BCUT2D eigenvalue weighted by molar-refractivity contribution is 0.768. The van der Waals surface area contributed by atoms with Crippen LogP contribution in [0.25, 0.3) is 22.3 Å². The fourth-order valence-corrected chi connectivity index (χ4v) is 7.12. The molecular formula is C43H31N. The number of benzene rings is 7. The summed E-state index contributed by atoms with van der Waals surface area (Å²) in [6, 6.07) is 68.1. The van der Waals surface area contributed by atoms with E-state index >= 15 is 0 Å². The van der Waals surface area contributed by atoms with E-state index in [9.17, 15) is 0 Å². The summed E-state index contributed by atoms with van der Waals surface area (Å²) in [6.45, 7) is 0. The summed E-state index contributed by atoms with van der Waals surface area (Å²) in [7, 11) is 0. The number of hydrogen-bond acceptors (Lipinski definition) is 1. The van der Waals surface area contributed by atoms with E-state index < -0.39 is 5.41 Å². The fourth-order valence-electron chi connectivity index (χ4n) is 7.12. The molecule has 0 atom stereocenters. The van der Waals surface area contributed by atoms with E-state index in [1.54, 1.807) is 0 Å². The first-order chi connectivity index (χ1) is 21.9. The number of nitrogens with zero attached hydrogens (tertiary/aromatic N) is 1. The lowest BCUT2D eigenvalue weighted by Gasteiger charge is -2.35. The van der Waals surface area contributed by atoms with Crippen molar-refractivity contribution < 1.29 is 0 Å². The van der Waals surface area contributed by atoms with Crippen LogP contribution >= 0.6 is 0 Å². The third-order valence-corrected chi connectivity index (χ3v) is 8.94. The highest BCUT2D eigenvalue weighted by Crippen LogP contribution is 2.56. The quantitative estimate of drug-likeness (QED) is 0.195. The standard InChI is InChI=1S/C43H31N/c1-4-17-32(18-5-1)37-25-12-15-30-42(37)44(35-22-8-3-9-23-35)36-24-16-21-34(31-36)43(33-19-6-2-7-20-33)40-28-13-10-26-38(40)39-27-11-14-29-41(39)43/h1-31H. The van der Waals surface area contributed by atoms with Crippen molar-refractivity contribution in [2.45, 2.75) is 5.41 Å². The van der Waals surface area contributed by atoms with Crippen LogP contribution in [0.2, 0.25) is 0 Å². The van der Waals surface area contributed by atoms with E-state index in [4.69, 9.17) is 0 Å². The third kappa shape index (κ3) is 4.09. The zero-order chi connectivity index (χ0) is 29.3. The van der Waals surface area contributed by atoms with Crippen LogP contribution in [-0.2, 0) is 5.41 Å². The van der Waals surface area contributed by atoms with Crippen LogP contribution in [0, 0.1) is 0 Å². The maximum Gasteiger partial charge on any atom is 0.0714 e. The average molecular weight is 562 g/mol. The van der Waals surface area contributed by atoms with Crippen molar-refractivity contribution in [3.05, 3.63) is 210 Å². The second-order valence-corrected chi connectivity index (χ2v) is 11.3. The summed E-state index contributed by atoms with van der Waals surface area (Å²) in [5.74, 6) is 0. The summed E-state index contributed by atoms with van der Waals surface area (Å²) in [4.78, 5) is 2.40. The van der Waals surface area contributed by atoms with Crippen LogP contribution < -0.4 is 4.90 Å². The molecule has 0 fully saturated rings. The number of para-hydroxylation sites is 2. The molecule has 0 N–H and O–H groups in total. The Bertz CT molecular complexity index is 2020. The summed E-state index contributed by atoms with van der Waals surface area (Å²) in [5.41, 5.74) is 13.1. The van der Waals surface area contributed by atoms with Gasteiger partial charge in [0, 0.05) is 16.9 Å². The molecule has 1 heteroatoms. The van der Waals surface area contributed by atoms with Crippen molar-refractivity contribution in [3.63, 3.8) is 0 Å². The van der Waals surface area contributed by atoms with Crippen LogP contribution in [0.1, 0.15) is 22.3 Å². The van der Waals surface area contributed by atoms with E-state index in [0.29, 0.717) is 0 Å². The van der Waals surface area contributed by atoms with Crippen molar-refractivity contribution in [1.82, 2.24) is 0 Å². The summed E-state index contributed by atoms with van der Waals surface area (Å²) < 4.78 is 0. The van der Waals surface area contributed by atoms with E-state index in [2.05, 4.69) is 193 Å². The van der Waals surface area contributed by atoms with Gasteiger partial charge in [0.25, 0.3) is 0 Å². The van der Waals surface area contributed by atoms with Crippen LogP contribution in [0.15, 0.2) is 188 Å². The highest BCUT2D eigenvalue weighted by atomic mass is 15.1. The van der Waals surface area contributed by atoms with Gasteiger partial charge in [-0.3, -0.25) is 0 Å². The molecular weight excluding hydrogens is 530 g/mol. The molecule has 0 spiro atoms. The lowest BCUT2D eigenvalue weighted by atomic mass is 9.67. The summed E-state index contributed by atoms with van der Waals surface area (Å²) in [5, 5.41) is 0. The molecule has 0 aromatic heterocycles. The SMILES string of the molecule is c1ccc(-c2ccccc2N(c2ccccc2)c2cccc(C3(c4ccccc4)c4ccccc4-c4ccccc43)c2)cc1. The van der Waals surface area contributed by atoms with Crippen molar-refractivity contribution in [1.29, 1.82) is 0 Å². The van der Waals surface area contributed by atoms with Gasteiger partial charge in [0.05, 0.1) is 11.1 Å². The summed E-state index contributed by atoms with van der Waals surface area (Å²) >= 11 is 0. The van der Waals surface area contributed by atoms with Crippen LogP contribution in [-0.4, -0.2) is 0 Å². The number of hydrogen-bond donors (Lipinski definition) is 0. The highest BCUT2D eigenvalue weighted by molar-refractivity contribution is 5.90. The van der Waals surface area contributed by atoms with Gasteiger partial charge in [-0.25, -0.2) is 0 Å². The minimum Gasteiger partial charge on any atom is -0.310 e. The minimum atomic E-state index is -0.453. The maximum atomic E-state index is 2.40. The predicted molar refractivity (Wildman–Crippen MR) is 184 cm³/mol. The van der Waals surface area contributed by atoms with E-state index in [-0.39, 0.29) is 0 Å². The molecule has 0 heterocycles. The second-order valence-electron chi connectivity index (χ2n) is 11.3. The molecule has 0 bridgehead atoms. The van der Waals surface area contributed by atoms with Crippen LogP contribution in [0.4, 0.5) is 17.1 Å². The molecule has 1 aliphatic carbocycles. The third-order valence-electron chi connectivity index (χ3n) is 8.94. The maximum absolute atomic E-state index is 2.40. The molecule has 0 aliphatic heterocycles. The Morgan fingerprint density at radius 1 is 0.341 bits per heavy atom. The zero-order valence-electron chi connectivity index (χ0n) is 24.3. The highest BCUT2D eigenvalue weighted by Gasteiger charge is 2.46. The fraction of sp³-hybridized carbons (Fsp3) is 0.0233. The molecule has 208 valence electrons. The molecule has 7 aromatic carbocycles. The van der Waals surface area contributed by atoms with Crippen molar-refractivity contribution in [3.8, 4) is 22.3 Å². The number of fused-ring (bicyclic) bond motifs is 3. The summed E-state index contributed by atoms with van der Waals surface area (Å²) in [6.07, 6.45) is 0. The van der Waals surface area contributed by atoms with Gasteiger partial charge in [0.1, 0.15) is 0 Å². The Morgan fingerprint density at radius 2 is 0.818 bits per heavy atom. The number of rotatable bonds is 6. The van der Waals surface area contributed by atoms with E-state index in [1.807, 2.05) is 0 Å². The van der Waals surface area contributed by atoms with Gasteiger partial charge in [0.15, 0.2) is 0 Å².